The van der Waals surface area contributed by atoms with Crippen molar-refractivity contribution in [2.24, 2.45) is 0 Å². The van der Waals surface area contributed by atoms with Crippen molar-refractivity contribution in [2.45, 2.75) is 32.2 Å². The van der Waals surface area contributed by atoms with Crippen molar-refractivity contribution in [3.63, 3.8) is 0 Å². The second-order valence-electron chi connectivity index (χ2n) is 4.65. The monoisotopic (exact) mass is 295 g/mol. The van der Waals surface area contributed by atoms with E-state index in [1.54, 1.807) is 0 Å². The number of hydrogen-bond acceptors (Lipinski definition) is 4. The molecule has 6 heteroatoms. The third-order valence-electron chi connectivity index (χ3n) is 3.30. The predicted octanol–water partition coefficient (Wildman–Crippen LogP) is 2.98. The molecule has 0 spiro atoms. The molecular weight excluding hydrogens is 282 g/mol. The fourth-order valence-electron chi connectivity index (χ4n) is 2.33. The summed E-state index contributed by atoms with van der Waals surface area (Å²) in [5.74, 6) is 0. The SMILES string of the molecule is O=c1[nH]ncc(NCc2cc3c(s2)CCCC3)c1Cl. The zero-order valence-corrected chi connectivity index (χ0v) is 11.9. The van der Waals surface area contributed by atoms with E-state index in [2.05, 4.69) is 21.6 Å². The molecule has 0 saturated carbocycles. The highest BCUT2D eigenvalue weighted by atomic mass is 35.5. The van der Waals surface area contributed by atoms with Gasteiger partial charge < -0.3 is 5.32 Å². The highest BCUT2D eigenvalue weighted by Gasteiger charge is 2.13. The average molecular weight is 296 g/mol. The van der Waals surface area contributed by atoms with E-state index in [1.807, 2.05) is 11.3 Å². The lowest BCUT2D eigenvalue weighted by molar-refractivity contribution is 0.697. The number of thiophene rings is 1. The van der Waals surface area contributed by atoms with Crippen LogP contribution in [0.1, 0.15) is 28.2 Å². The quantitative estimate of drug-likeness (QED) is 0.915. The minimum Gasteiger partial charge on any atom is -0.377 e. The molecule has 4 nitrogen and oxygen atoms in total. The number of nitrogens with one attached hydrogen (secondary N) is 2. The second-order valence-corrected chi connectivity index (χ2v) is 6.25. The minimum absolute atomic E-state index is 0.163. The molecule has 0 saturated heterocycles. The molecule has 3 rings (SSSR count). The lowest BCUT2D eigenvalue weighted by Crippen LogP contribution is -2.11. The molecule has 0 amide bonds. The van der Waals surface area contributed by atoms with Crippen molar-refractivity contribution in [3.05, 3.63) is 43.0 Å². The number of hydrogen-bond donors (Lipinski definition) is 2. The second kappa shape index (κ2) is 5.35. The van der Waals surface area contributed by atoms with E-state index >= 15 is 0 Å². The van der Waals surface area contributed by atoms with Crippen LogP contribution < -0.4 is 10.9 Å². The van der Waals surface area contributed by atoms with E-state index < -0.39 is 0 Å². The summed E-state index contributed by atoms with van der Waals surface area (Å²) in [6, 6.07) is 2.26. The van der Waals surface area contributed by atoms with E-state index in [1.165, 1.54) is 47.2 Å². The largest absolute Gasteiger partial charge is 0.377 e. The van der Waals surface area contributed by atoms with Crippen molar-refractivity contribution in [3.8, 4) is 0 Å². The van der Waals surface area contributed by atoms with Gasteiger partial charge in [-0.05, 0) is 37.3 Å². The van der Waals surface area contributed by atoms with E-state index in [-0.39, 0.29) is 10.6 Å². The Bertz CT molecular complexity index is 626. The molecule has 0 fully saturated rings. The molecule has 0 unspecified atom stereocenters. The lowest BCUT2D eigenvalue weighted by Gasteiger charge is -2.08. The number of aryl methyl sites for hydroxylation is 2. The zero-order chi connectivity index (χ0) is 13.2. The first-order valence-corrected chi connectivity index (χ1v) is 7.51. The number of aromatic amines is 1. The van der Waals surface area contributed by atoms with E-state index in [0.717, 1.165) is 0 Å². The van der Waals surface area contributed by atoms with E-state index in [0.29, 0.717) is 12.2 Å². The number of fused-ring (bicyclic) bond motifs is 1. The Balaban J connectivity index is 1.74. The highest BCUT2D eigenvalue weighted by molar-refractivity contribution is 7.12. The van der Waals surface area contributed by atoms with E-state index in [9.17, 15) is 4.79 Å². The van der Waals surface area contributed by atoms with Gasteiger partial charge in [0.05, 0.1) is 11.9 Å². The topological polar surface area (TPSA) is 57.8 Å². The molecule has 0 aromatic carbocycles. The van der Waals surface area contributed by atoms with Crippen LogP contribution in [-0.2, 0) is 19.4 Å². The number of aromatic nitrogens is 2. The van der Waals surface area contributed by atoms with Crippen LogP contribution >= 0.6 is 22.9 Å². The van der Waals surface area contributed by atoms with Crippen molar-refractivity contribution < 1.29 is 0 Å². The van der Waals surface area contributed by atoms with Gasteiger partial charge >= 0.3 is 0 Å². The summed E-state index contributed by atoms with van der Waals surface area (Å²) in [6.45, 7) is 0.683. The molecule has 2 aromatic heterocycles. The highest BCUT2D eigenvalue weighted by Crippen LogP contribution is 2.30. The fraction of sp³-hybridized carbons (Fsp3) is 0.385. The first kappa shape index (κ1) is 12.7. The number of nitrogens with zero attached hydrogens (tertiary/aromatic N) is 1. The van der Waals surface area contributed by atoms with Crippen LogP contribution in [0.5, 0.6) is 0 Å². The molecule has 2 N–H and O–H groups in total. The molecule has 1 aliphatic carbocycles. The minimum atomic E-state index is -0.364. The summed E-state index contributed by atoms with van der Waals surface area (Å²) in [4.78, 5) is 14.1. The van der Waals surface area contributed by atoms with Crippen LogP contribution in [0.2, 0.25) is 5.02 Å². The van der Waals surface area contributed by atoms with Gasteiger partial charge in [0.2, 0.25) is 0 Å². The third kappa shape index (κ3) is 2.67. The van der Waals surface area contributed by atoms with Gasteiger partial charge in [0.15, 0.2) is 0 Å². The van der Waals surface area contributed by atoms with Crippen LogP contribution in [0.3, 0.4) is 0 Å². The standard InChI is InChI=1S/C13H14ClN3OS/c14-12-10(7-16-17-13(12)18)15-6-9-5-8-3-1-2-4-11(8)19-9/h5,7H,1-4,6H2,(H2,15,17,18). The summed E-state index contributed by atoms with van der Waals surface area (Å²) >= 11 is 7.77. The molecule has 0 atom stereocenters. The number of H-pyrrole nitrogens is 1. The van der Waals surface area contributed by atoms with Gasteiger partial charge in [-0.2, -0.15) is 5.10 Å². The molecule has 0 radical (unpaired) electrons. The van der Waals surface area contributed by atoms with Crippen molar-refractivity contribution in [1.82, 2.24) is 10.2 Å². The number of anilines is 1. The molecule has 0 bridgehead atoms. The van der Waals surface area contributed by atoms with Gasteiger partial charge in [-0.15, -0.1) is 11.3 Å². The Labute approximate surface area is 119 Å². The summed E-state index contributed by atoms with van der Waals surface area (Å²) in [7, 11) is 0. The lowest BCUT2D eigenvalue weighted by atomic mass is 9.99. The van der Waals surface area contributed by atoms with Crippen molar-refractivity contribution in [1.29, 1.82) is 0 Å². The molecule has 19 heavy (non-hydrogen) atoms. The Morgan fingerprint density at radius 1 is 1.42 bits per heavy atom. The Hall–Kier alpha value is -1.33. The number of rotatable bonds is 3. The van der Waals surface area contributed by atoms with Gasteiger partial charge in [-0.3, -0.25) is 4.79 Å². The smallest absolute Gasteiger partial charge is 0.285 e. The normalized spacial score (nSPS) is 14.2. The Morgan fingerprint density at radius 2 is 2.26 bits per heavy atom. The molecular formula is C13H14ClN3OS. The molecule has 2 heterocycles. The maximum atomic E-state index is 11.3. The van der Waals surface area contributed by atoms with Gasteiger partial charge in [-0.1, -0.05) is 11.6 Å². The van der Waals surface area contributed by atoms with Crippen LogP contribution in [0.4, 0.5) is 5.69 Å². The van der Waals surface area contributed by atoms with Crippen LogP contribution in [-0.4, -0.2) is 10.2 Å². The van der Waals surface area contributed by atoms with Gasteiger partial charge in [0, 0.05) is 16.3 Å². The summed E-state index contributed by atoms with van der Waals surface area (Å²) < 4.78 is 0. The number of halogens is 1. The van der Waals surface area contributed by atoms with Crippen molar-refractivity contribution >= 4 is 28.6 Å². The van der Waals surface area contributed by atoms with Gasteiger partial charge in [-0.25, -0.2) is 5.10 Å². The van der Waals surface area contributed by atoms with Gasteiger partial charge in [0.1, 0.15) is 5.02 Å². The van der Waals surface area contributed by atoms with Crippen molar-refractivity contribution in [2.75, 3.05) is 5.32 Å². The fourth-order valence-corrected chi connectivity index (χ4v) is 3.69. The first-order chi connectivity index (χ1) is 9.24. The Kier molecular flexibility index (Phi) is 3.57. The summed E-state index contributed by atoms with van der Waals surface area (Å²) in [6.07, 6.45) is 6.52. The third-order valence-corrected chi connectivity index (χ3v) is 4.91. The molecule has 2 aromatic rings. The molecule has 100 valence electrons. The maximum Gasteiger partial charge on any atom is 0.285 e. The van der Waals surface area contributed by atoms with Crippen LogP contribution in [0.15, 0.2) is 17.1 Å². The first-order valence-electron chi connectivity index (χ1n) is 6.31. The van der Waals surface area contributed by atoms with E-state index in [4.69, 9.17) is 11.6 Å². The zero-order valence-electron chi connectivity index (χ0n) is 10.3. The summed E-state index contributed by atoms with van der Waals surface area (Å²) in [5.41, 5.74) is 1.71. The predicted molar refractivity (Wildman–Crippen MR) is 78.2 cm³/mol. The van der Waals surface area contributed by atoms with Crippen LogP contribution in [0.25, 0.3) is 0 Å². The summed E-state index contributed by atoms with van der Waals surface area (Å²) in [5, 5.41) is 9.38. The Morgan fingerprint density at radius 3 is 3.11 bits per heavy atom. The maximum absolute atomic E-state index is 11.3. The average Bonchev–Trinajstić information content (AvgIpc) is 2.83. The van der Waals surface area contributed by atoms with Gasteiger partial charge in [0.25, 0.3) is 5.56 Å². The van der Waals surface area contributed by atoms with Crippen LogP contribution in [0, 0.1) is 0 Å². The molecule has 0 aliphatic heterocycles. The molecule has 1 aliphatic rings.